The maximum Gasteiger partial charge on any atom is 0.239 e. The number of nitrogens with zero attached hydrogens (tertiary/aromatic N) is 1. The molecule has 1 aliphatic heterocycles. The number of rotatable bonds is 9. The number of nitrogens with one attached hydrogen (secondary N) is 1. The van der Waals surface area contributed by atoms with Gasteiger partial charge < -0.3 is 10.2 Å². The highest BCUT2D eigenvalue weighted by atomic mass is 16.2. The first kappa shape index (κ1) is 15.5. The Morgan fingerprint density at radius 1 is 1.11 bits per heavy atom. The summed E-state index contributed by atoms with van der Waals surface area (Å²) in [6.45, 7) is 7.14. The first-order chi connectivity index (χ1) is 8.75. The van der Waals surface area contributed by atoms with Crippen LogP contribution in [0, 0.1) is 0 Å². The average molecular weight is 254 g/mol. The maximum atomic E-state index is 12.0. The molecular formula is C15H30N2O. The van der Waals surface area contributed by atoms with Crippen molar-refractivity contribution in [2.75, 3.05) is 19.6 Å². The SMILES string of the molecule is CCCCCCCCNC(C)C(=O)N1CCCC1. The third-order valence-corrected chi connectivity index (χ3v) is 3.77. The average Bonchev–Trinajstić information content (AvgIpc) is 2.90. The van der Waals surface area contributed by atoms with Crippen molar-refractivity contribution >= 4 is 5.91 Å². The lowest BCUT2D eigenvalue weighted by atomic mass is 10.1. The van der Waals surface area contributed by atoms with E-state index in [1.165, 1.54) is 51.4 Å². The smallest absolute Gasteiger partial charge is 0.239 e. The van der Waals surface area contributed by atoms with E-state index in [-0.39, 0.29) is 6.04 Å². The van der Waals surface area contributed by atoms with Crippen LogP contribution >= 0.6 is 0 Å². The Morgan fingerprint density at radius 3 is 2.39 bits per heavy atom. The number of hydrogen-bond acceptors (Lipinski definition) is 2. The fraction of sp³-hybridized carbons (Fsp3) is 0.933. The van der Waals surface area contributed by atoms with Crippen LogP contribution in [0.4, 0.5) is 0 Å². The first-order valence-corrected chi connectivity index (χ1v) is 7.78. The molecule has 0 aliphatic carbocycles. The molecule has 1 aliphatic rings. The number of unbranched alkanes of at least 4 members (excludes halogenated alkanes) is 5. The van der Waals surface area contributed by atoms with E-state index in [0.717, 1.165) is 19.6 Å². The highest BCUT2D eigenvalue weighted by Crippen LogP contribution is 2.09. The molecule has 18 heavy (non-hydrogen) atoms. The van der Waals surface area contributed by atoms with Crippen LogP contribution in [-0.4, -0.2) is 36.5 Å². The summed E-state index contributed by atoms with van der Waals surface area (Å²) in [5, 5.41) is 3.36. The topological polar surface area (TPSA) is 32.3 Å². The predicted octanol–water partition coefficient (Wildman–Crippen LogP) is 2.95. The van der Waals surface area contributed by atoms with Gasteiger partial charge in [-0.25, -0.2) is 0 Å². The predicted molar refractivity (Wildman–Crippen MR) is 76.7 cm³/mol. The summed E-state index contributed by atoms with van der Waals surface area (Å²) in [4.78, 5) is 14.0. The molecule has 1 rings (SSSR count). The Bertz CT molecular complexity index is 225. The summed E-state index contributed by atoms with van der Waals surface area (Å²) in [5.41, 5.74) is 0. The molecule has 1 heterocycles. The Labute approximate surface area is 112 Å². The summed E-state index contributed by atoms with van der Waals surface area (Å²) < 4.78 is 0. The molecule has 1 amide bonds. The van der Waals surface area contributed by atoms with Crippen molar-refractivity contribution in [3.8, 4) is 0 Å². The summed E-state index contributed by atoms with van der Waals surface area (Å²) in [6, 6.07) is -0.00116. The molecule has 0 spiro atoms. The van der Waals surface area contributed by atoms with Crippen molar-refractivity contribution in [2.24, 2.45) is 0 Å². The molecule has 0 radical (unpaired) electrons. The van der Waals surface area contributed by atoms with Gasteiger partial charge in [-0.05, 0) is 32.7 Å². The van der Waals surface area contributed by atoms with Gasteiger partial charge in [0.1, 0.15) is 0 Å². The minimum Gasteiger partial charge on any atom is -0.341 e. The molecule has 1 N–H and O–H groups in total. The number of amides is 1. The van der Waals surface area contributed by atoms with Crippen molar-refractivity contribution in [1.82, 2.24) is 10.2 Å². The molecule has 106 valence electrons. The van der Waals surface area contributed by atoms with E-state index in [9.17, 15) is 4.79 Å². The summed E-state index contributed by atoms with van der Waals surface area (Å²) in [5.74, 6) is 0.290. The second-order valence-corrected chi connectivity index (χ2v) is 5.48. The van der Waals surface area contributed by atoms with Crippen molar-refractivity contribution in [1.29, 1.82) is 0 Å². The zero-order valence-electron chi connectivity index (χ0n) is 12.2. The van der Waals surface area contributed by atoms with Gasteiger partial charge in [0.05, 0.1) is 6.04 Å². The Balaban J connectivity index is 1.99. The fourth-order valence-electron chi connectivity index (χ4n) is 2.52. The molecule has 0 aromatic rings. The van der Waals surface area contributed by atoms with E-state index in [0.29, 0.717) is 5.91 Å². The molecule has 1 saturated heterocycles. The van der Waals surface area contributed by atoms with Crippen LogP contribution in [0.3, 0.4) is 0 Å². The van der Waals surface area contributed by atoms with Crippen molar-refractivity contribution < 1.29 is 4.79 Å². The van der Waals surface area contributed by atoms with Gasteiger partial charge in [-0.3, -0.25) is 4.79 Å². The number of likely N-dealkylation sites (tertiary alicyclic amines) is 1. The zero-order chi connectivity index (χ0) is 13.2. The Hall–Kier alpha value is -0.570. The van der Waals surface area contributed by atoms with Crippen molar-refractivity contribution in [3.05, 3.63) is 0 Å². The molecule has 1 atom stereocenters. The van der Waals surface area contributed by atoms with E-state index in [1.807, 2.05) is 11.8 Å². The van der Waals surface area contributed by atoms with Crippen LogP contribution in [0.5, 0.6) is 0 Å². The minimum absolute atomic E-state index is 0.00116. The molecule has 0 aromatic heterocycles. The lowest BCUT2D eigenvalue weighted by Gasteiger charge is -2.21. The second kappa shape index (κ2) is 9.37. The van der Waals surface area contributed by atoms with Crippen LogP contribution in [0.25, 0.3) is 0 Å². The Kier molecular flexibility index (Phi) is 8.06. The molecular weight excluding hydrogens is 224 g/mol. The Morgan fingerprint density at radius 2 is 1.72 bits per heavy atom. The van der Waals surface area contributed by atoms with Crippen LogP contribution in [0.2, 0.25) is 0 Å². The molecule has 0 saturated carbocycles. The minimum atomic E-state index is -0.00116. The summed E-state index contributed by atoms with van der Waals surface area (Å²) in [6.07, 6.45) is 10.2. The lowest BCUT2D eigenvalue weighted by molar-refractivity contribution is -0.131. The molecule has 0 bridgehead atoms. The second-order valence-electron chi connectivity index (χ2n) is 5.48. The lowest BCUT2D eigenvalue weighted by Crippen LogP contribution is -2.43. The van der Waals surface area contributed by atoms with E-state index >= 15 is 0 Å². The normalized spacial score (nSPS) is 17.1. The van der Waals surface area contributed by atoms with Crippen molar-refractivity contribution in [2.45, 2.75) is 71.3 Å². The number of carbonyl (C=O) groups is 1. The van der Waals surface area contributed by atoms with Crippen LogP contribution < -0.4 is 5.32 Å². The van der Waals surface area contributed by atoms with Crippen LogP contribution in [0.1, 0.15) is 65.2 Å². The third-order valence-electron chi connectivity index (χ3n) is 3.77. The highest BCUT2D eigenvalue weighted by Gasteiger charge is 2.22. The monoisotopic (exact) mass is 254 g/mol. The van der Waals surface area contributed by atoms with Crippen LogP contribution in [0.15, 0.2) is 0 Å². The van der Waals surface area contributed by atoms with Crippen molar-refractivity contribution in [3.63, 3.8) is 0 Å². The quantitative estimate of drug-likeness (QED) is 0.642. The number of hydrogen-bond donors (Lipinski definition) is 1. The molecule has 1 fully saturated rings. The number of carbonyl (C=O) groups excluding carboxylic acids is 1. The highest BCUT2D eigenvalue weighted by molar-refractivity contribution is 5.81. The van der Waals surface area contributed by atoms with Gasteiger partial charge in [0, 0.05) is 13.1 Å². The van der Waals surface area contributed by atoms with Gasteiger partial charge >= 0.3 is 0 Å². The van der Waals surface area contributed by atoms with E-state index in [4.69, 9.17) is 0 Å². The zero-order valence-corrected chi connectivity index (χ0v) is 12.2. The van der Waals surface area contributed by atoms with Crippen LogP contribution in [-0.2, 0) is 4.79 Å². The molecule has 0 aromatic carbocycles. The van der Waals surface area contributed by atoms with Gasteiger partial charge in [-0.15, -0.1) is 0 Å². The van der Waals surface area contributed by atoms with Gasteiger partial charge in [0.2, 0.25) is 5.91 Å². The van der Waals surface area contributed by atoms with Gasteiger partial charge in [-0.2, -0.15) is 0 Å². The third kappa shape index (κ3) is 5.85. The van der Waals surface area contributed by atoms with Gasteiger partial charge in [0.25, 0.3) is 0 Å². The first-order valence-electron chi connectivity index (χ1n) is 7.78. The molecule has 3 heteroatoms. The maximum absolute atomic E-state index is 12.0. The van der Waals surface area contributed by atoms with Gasteiger partial charge in [-0.1, -0.05) is 39.0 Å². The fourth-order valence-corrected chi connectivity index (χ4v) is 2.52. The molecule has 3 nitrogen and oxygen atoms in total. The molecule has 1 unspecified atom stereocenters. The summed E-state index contributed by atoms with van der Waals surface area (Å²) >= 11 is 0. The largest absolute Gasteiger partial charge is 0.341 e. The summed E-state index contributed by atoms with van der Waals surface area (Å²) in [7, 11) is 0. The van der Waals surface area contributed by atoms with Gasteiger partial charge in [0.15, 0.2) is 0 Å². The van der Waals surface area contributed by atoms with E-state index in [1.54, 1.807) is 0 Å². The van der Waals surface area contributed by atoms with E-state index in [2.05, 4.69) is 12.2 Å². The van der Waals surface area contributed by atoms with E-state index < -0.39 is 0 Å². The standard InChI is InChI=1S/C15H30N2O/c1-3-4-5-6-7-8-11-16-14(2)15(18)17-12-9-10-13-17/h14,16H,3-13H2,1-2H3.